The molecule has 0 spiro atoms. The molecule has 23 heavy (non-hydrogen) atoms. The standard InChI is InChI=1S/C16H22BrClN2O3/c1-2-3-4-5-6-7-15(21)19-20-16(22)11-23-14-9-8-12(18)10-13(14)17/h8-10H,2-7,11H2,1H3,(H,19,21)(H,20,22). The quantitative estimate of drug-likeness (QED) is 0.482. The van der Waals surface area contributed by atoms with E-state index in [-0.39, 0.29) is 12.5 Å². The van der Waals surface area contributed by atoms with Gasteiger partial charge in [0.05, 0.1) is 4.47 Å². The minimum Gasteiger partial charge on any atom is -0.483 e. The summed E-state index contributed by atoms with van der Waals surface area (Å²) in [6, 6.07) is 5.00. The molecule has 7 heteroatoms. The highest BCUT2D eigenvalue weighted by molar-refractivity contribution is 9.10. The van der Waals surface area contributed by atoms with Crippen molar-refractivity contribution in [3.8, 4) is 5.75 Å². The third kappa shape index (κ3) is 8.81. The number of unbranched alkanes of at least 4 members (excludes halogenated alkanes) is 4. The monoisotopic (exact) mass is 404 g/mol. The number of hydrogen-bond acceptors (Lipinski definition) is 3. The third-order valence-electron chi connectivity index (χ3n) is 3.10. The Balaban J connectivity index is 2.17. The molecule has 0 unspecified atom stereocenters. The van der Waals surface area contributed by atoms with E-state index in [1.807, 2.05) is 0 Å². The van der Waals surface area contributed by atoms with Crippen LogP contribution in [0.15, 0.2) is 22.7 Å². The lowest BCUT2D eigenvalue weighted by molar-refractivity contribution is -0.130. The molecule has 0 saturated carbocycles. The summed E-state index contributed by atoms with van der Waals surface area (Å²) >= 11 is 9.12. The second-order valence-corrected chi connectivity index (χ2v) is 6.41. The van der Waals surface area contributed by atoms with Crippen LogP contribution in [0.1, 0.15) is 45.4 Å². The average molecular weight is 406 g/mol. The van der Waals surface area contributed by atoms with Gasteiger partial charge in [0.15, 0.2) is 6.61 Å². The topological polar surface area (TPSA) is 67.4 Å². The van der Waals surface area contributed by atoms with Crippen LogP contribution in [0.3, 0.4) is 0 Å². The van der Waals surface area contributed by atoms with Crippen LogP contribution in [0.2, 0.25) is 5.02 Å². The van der Waals surface area contributed by atoms with Crippen molar-refractivity contribution in [2.24, 2.45) is 0 Å². The van der Waals surface area contributed by atoms with E-state index in [9.17, 15) is 9.59 Å². The molecule has 1 aromatic carbocycles. The van der Waals surface area contributed by atoms with E-state index in [2.05, 4.69) is 33.7 Å². The number of nitrogens with one attached hydrogen (secondary N) is 2. The van der Waals surface area contributed by atoms with Crippen molar-refractivity contribution in [2.75, 3.05) is 6.61 Å². The van der Waals surface area contributed by atoms with Crippen molar-refractivity contribution in [1.29, 1.82) is 0 Å². The third-order valence-corrected chi connectivity index (χ3v) is 3.96. The summed E-state index contributed by atoms with van der Waals surface area (Å²) in [6.07, 6.45) is 5.77. The number of hydrazine groups is 1. The van der Waals surface area contributed by atoms with E-state index in [0.29, 0.717) is 21.7 Å². The maximum atomic E-state index is 11.6. The van der Waals surface area contributed by atoms with E-state index in [1.165, 1.54) is 12.8 Å². The van der Waals surface area contributed by atoms with E-state index in [1.54, 1.807) is 18.2 Å². The number of benzene rings is 1. The van der Waals surface area contributed by atoms with Gasteiger partial charge in [0.2, 0.25) is 5.91 Å². The minimum atomic E-state index is -0.425. The number of amides is 2. The second kappa shape index (κ2) is 11.3. The van der Waals surface area contributed by atoms with Crippen LogP contribution < -0.4 is 15.6 Å². The van der Waals surface area contributed by atoms with E-state index in [0.717, 1.165) is 19.3 Å². The highest BCUT2D eigenvalue weighted by atomic mass is 79.9. The number of carbonyl (C=O) groups is 2. The molecule has 2 amide bonds. The van der Waals surface area contributed by atoms with Gasteiger partial charge in [0.25, 0.3) is 5.91 Å². The summed E-state index contributed by atoms with van der Waals surface area (Å²) in [5.41, 5.74) is 4.71. The van der Waals surface area contributed by atoms with Crippen LogP contribution in [0.5, 0.6) is 5.75 Å². The van der Waals surface area contributed by atoms with Gasteiger partial charge in [0, 0.05) is 11.4 Å². The second-order valence-electron chi connectivity index (χ2n) is 5.12. The van der Waals surface area contributed by atoms with E-state index >= 15 is 0 Å². The molecule has 0 aliphatic heterocycles. The van der Waals surface area contributed by atoms with Crippen molar-refractivity contribution in [1.82, 2.24) is 10.9 Å². The summed E-state index contributed by atoms with van der Waals surface area (Å²) in [5.74, 6) is -0.111. The molecule has 0 radical (unpaired) electrons. The van der Waals surface area contributed by atoms with Crippen LogP contribution in [-0.2, 0) is 9.59 Å². The van der Waals surface area contributed by atoms with Crippen molar-refractivity contribution in [3.63, 3.8) is 0 Å². The number of hydrogen-bond donors (Lipinski definition) is 2. The molecule has 0 aliphatic carbocycles. The molecule has 0 aliphatic rings. The van der Waals surface area contributed by atoms with Crippen LogP contribution in [0.25, 0.3) is 0 Å². The predicted octanol–water partition coefficient (Wildman–Crippen LogP) is 3.99. The van der Waals surface area contributed by atoms with E-state index < -0.39 is 5.91 Å². The Kier molecular flexibility index (Phi) is 9.71. The maximum absolute atomic E-state index is 11.6. The molecular formula is C16H22BrClN2O3. The van der Waals surface area contributed by atoms with Crippen molar-refractivity contribution in [2.45, 2.75) is 45.4 Å². The molecular weight excluding hydrogens is 384 g/mol. The highest BCUT2D eigenvalue weighted by Crippen LogP contribution is 2.27. The number of ether oxygens (including phenoxy) is 1. The van der Waals surface area contributed by atoms with Crippen molar-refractivity contribution in [3.05, 3.63) is 27.7 Å². The smallest absolute Gasteiger partial charge is 0.276 e. The van der Waals surface area contributed by atoms with Gasteiger partial charge in [-0.2, -0.15) is 0 Å². The first-order chi connectivity index (χ1) is 11.0. The Labute approximate surface area is 150 Å². The molecule has 0 aromatic heterocycles. The Morgan fingerprint density at radius 2 is 1.83 bits per heavy atom. The lowest BCUT2D eigenvalue weighted by Crippen LogP contribution is -2.43. The molecule has 2 N–H and O–H groups in total. The molecule has 1 rings (SSSR count). The molecule has 0 bridgehead atoms. The maximum Gasteiger partial charge on any atom is 0.276 e. The molecule has 5 nitrogen and oxygen atoms in total. The minimum absolute atomic E-state index is 0.192. The first-order valence-electron chi connectivity index (χ1n) is 7.68. The summed E-state index contributed by atoms with van der Waals surface area (Å²) in [6.45, 7) is 1.95. The summed E-state index contributed by atoms with van der Waals surface area (Å²) in [5, 5.41) is 0.569. The van der Waals surface area contributed by atoms with Gasteiger partial charge in [-0.25, -0.2) is 0 Å². The van der Waals surface area contributed by atoms with Gasteiger partial charge in [-0.3, -0.25) is 20.4 Å². The molecule has 0 saturated heterocycles. The molecule has 0 heterocycles. The first kappa shape index (κ1) is 19.8. The Bertz CT molecular complexity index is 526. The van der Waals surface area contributed by atoms with Crippen LogP contribution in [-0.4, -0.2) is 18.4 Å². The molecule has 128 valence electrons. The molecule has 0 atom stereocenters. The number of rotatable bonds is 9. The van der Waals surface area contributed by atoms with Crippen LogP contribution >= 0.6 is 27.5 Å². The van der Waals surface area contributed by atoms with Crippen LogP contribution in [0.4, 0.5) is 0 Å². The zero-order valence-corrected chi connectivity index (χ0v) is 15.5. The summed E-state index contributed by atoms with van der Waals surface area (Å²) in [7, 11) is 0. The fraction of sp³-hybridized carbons (Fsp3) is 0.500. The summed E-state index contributed by atoms with van der Waals surface area (Å²) in [4.78, 5) is 23.2. The molecule has 0 fully saturated rings. The predicted molar refractivity (Wildman–Crippen MR) is 94.3 cm³/mol. The molecule has 1 aromatic rings. The fourth-order valence-electron chi connectivity index (χ4n) is 1.86. The van der Waals surface area contributed by atoms with E-state index in [4.69, 9.17) is 16.3 Å². The largest absolute Gasteiger partial charge is 0.483 e. The number of halogens is 2. The highest BCUT2D eigenvalue weighted by Gasteiger charge is 2.07. The van der Waals surface area contributed by atoms with Gasteiger partial charge in [-0.1, -0.05) is 44.2 Å². The van der Waals surface area contributed by atoms with Gasteiger partial charge >= 0.3 is 0 Å². The first-order valence-corrected chi connectivity index (χ1v) is 8.85. The Hall–Kier alpha value is -1.27. The number of carbonyl (C=O) groups excluding carboxylic acids is 2. The average Bonchev–Trinajstić information content (AvgIpc) is 2.52. The fourth-order valence-corrected chi connectivity index (χ4v) is 2.66. The lowest BCUT2D eigenvalue weighted by Gasteiger charge is -2.10. The van der Waals surface area contributed by atoms with Gasteiger partial charge < -0.3 is 4.74 Å². The zero-order chi connectivity index (χ0) is 17.1. The van der Waals surface area contributed by atoms with Gasteiger partial charge in [0.1, 0.15) is 5.75 Å². The Morgan fingerprint density at radius 3 is 2.52 bits per heavy atom. The normalized spacial score (nSPS) is 10.2. The summed E-state index contributed by atoms with van der Waals surface area (Å²) < 4.78 is 6.00. The zero-order valence-electron chi connectivity index (χ0n) is 13.2. The van der Waals surface area contributed by atoms with Gasteiger partial charge in [-0.05, 0) is 40.5 Å². The SMILES string of the molecule is CCCCCCCC(=O)NNC(=O)COc1ccc(Cl)cc1Br. The van der Waals surface area contributed by atoms with Crippen LogP contribution in [0, 0.1) is 0 Å². The van der Waals surface area contributed by atoms with Crippen molar-refractivity contribution >= 4 is 39.3 Å². The lowest BCUT2D eigenvalue weighted by atomic mass is 10.1. The Morgan fingerprint density at radius 1 is 1.13 bits per heavy atom. The van der Waals surface area contributed by atoms with Crippen molar-refractivity contribution < 1.29 is 14.3 Å². The van der Waals surface area contributed by atoms with Gasteiger partial charge in [-0.15, -0.1) is 0 Å².